The van der Waals surface area contributed by atoms with Gasteiger partial charge in [-0.2, -0.15) is 0 Å². The molecule has 1 fully saturated rings. The smallest absolute Gasteiger partial charge is 0.268 e. The van der Waals surface area contributed by atoms with Crippen LogP contribution in [0.5, 0.6) is 0 Å². The van der Waals surface area contributed by atoms with E-state index in [2.05, 4.69) is 20.8 Å². The Labute approximate surface area is 125 Å². The largest absolute Gasteiger partial charge is 0.379 e. The molecule has 1 aromatic heterocycles. The molecule has 1 aliphatic heterocycles. The highest BCUT2D eigenvalue weighted by molar-refractivity contribution is 9.10. The lowest BCUT2D eigenvalue weighted by Gasteiger charge is -2.34. The Morgan fingerprint density at radius 2 is 2.26 bits per heavy atom. The van der Waals surface area contributed by atoms with Gasteiger partial charge in [-0.1, -0.05) is 0 Å². The maximum Gasteiger partial charge on any atom is 0.268 e. The zero-order valence-corrected chi connectivity index (χ0v) is 13.4. The number of amides is 1. The van der Waals surface area contributed by atoms with Crippen molar-refractivity contribution in [1.82, 2.24) is 9.96 Å². The van der Waals surface area contributed by atoms with E-state index >= 15 is 0 Å². The van der Waals surface area contributed by atoms with Gasteiger partial charge in [0.2, 0.25) is 0 Å². The third kappa shape index (κ3) is 3.55. The Kier molecular flexibility index (Phi) is 5.35. The molecule has 1 atom stereocenters. The summed E-state index contributed by atoms with van der Waals surface area (Å²) in [5.41, 5.74) is 0. The van der Waals surface area contributed by atoms with Crippen LogP contribution in [0.3, 0.4) is 0 Å². The molecule has 0 spiro atoms. The molecule has 0 aliphatic carbocycles. The Morgan fingerprint density at radius 1 is 1.58 bits per heavy atom. The van der Waals surface area contributed by atoms with Crippen LogP contribution < -0.4 is 0 Å². The van der Waals surface area contributed by atoms with Crippen LogP contribution in [0.25, 0.3) is 0 Å². The van der Waals surface area contributed by atoms with Crippen LogP contribution >= 0.6 is 27.3 Å². The SMILES string of the molecule is CON(C)C(=O)C(c1cc(Br)cs1)N1CCOCC1. The Hall–Kier alpha value is -0.470. The summed E-state index contributed by atoms with van der Waals surface area (Å²) in [6.07, 6.45) is 0. The number of morpholine rings is 1. The molecule has 19 heavy (non-hydrogen) atoms. The molecule has 0 radical (unpaired) electrons. The number of rotatable bonds is 4. The number of likely N-dealkylation sites (N-methyl/N-ethyl adjacent to an activating group) is 1. The van der Waals surface area contributed by atoms with Gasteiger partial charge in [-0.15, -0.1) is 11.3 Å². The summed E-state index contributed by atoms with van der Waals surface area (Å²) >= 11 is 5.01. The monoisotopic (exact) mass is 348 g/mol. The summed E-state index contributed by atoms with van der Waals surface area (Å²) in [5.74, 6) is -0.0567. The first kappa shape index (κ1) is 14.9. The van der Waals surface area contributed by atoms with Crippen molar-refractivity contribution in [3.05, 3.63) is 20.8 Å². The Balaban J connectivity index is 2.24. The summed E-state index contributed by atoms with van der Waals surface area (Å²) in [6, 6.07) is 1.69. The van der Waals surface area contributed by atoms with Gasteiger partial charge in [-0.3, -0.25) is 14.5 Å². The van der Waals surface area contributed by atoms with Gasteiger partial charge in [0.15, 0.2) is 0 Å². The van der Waals surface area contributed by atoms with Crippen LogP contribution in [0.15, 0.2) is 15.9 Å². The second kappa shape index (κ2) is 6.81. The van der Waals surface area contributed by atoms with Gasteiger partial charge < -0.3 is 4.74 Å². The minimum Gasteiger partial charge on any atom is -0.379 e. The van der Waals surface area contributed by atoms with Gasteiger partial charge >= 0.3 is 0 Å². The van der Waals surface area contributed by atoms with Crippen LogP contribution in [-0.2, 0) is 14.4 Å². The third-order valence-corrected chi connectivity index (χ3v) is 4.83. The fourth-order valence-corrected chi connectivity index (χ4v) is 3.60. The first-order valence-electron chi connectivity index (χ1n) is 6.01. The average molecular weight is 349 g/mol. The standard InChI is InChI=1S/C12H17BrN2O3S/c1-14(17-2)12(16)11(10-7-9(13)8-19-10)15-3-5-18-6-4-15/h7-8,11H,3-6H2,1-2H3. The number of hydroxylamine groups is 2. The van der Waals surface area contributed by atoms with E-state index in [-0.39, 0.29) is 11.9 Å². The van der Waals surface area contributed by atoms with E-state index in [1.54, 1.807) is 18.4 Å². The van der Waals surface area contributed by atoms with Crippen molar-refractivity contribution >= 4 is 33.2 Å². The van der Waals surface area contributed by atoms with Gasteiger partial charge in [0.05, 0.1) is 20.3 Å². The second-order valence-corrected chi connectivity index (χ2v) is 6.09. The van der Waals surface area contributed by atoms with E-state index < -0.39 is 0 Å². The molecular weight excluding hydrogens is 332 g/mol. The molecule has 5 nitrogen and oxygen atoms in total. The van der Waals surface area contributed by atoms with Gasteiger partial charge in [0.25, 0.3) is 5.91 Å². The number of carbonyl (C=O) groups is 1. The van der Waals surface area contributed by atoms with Crippen LogP contribution in [0.4, 0.5) is 0 Å². The highest BCUT2D eigenvalue weighted by Gasteiger charge is 2.32. The van der Waals surface area contributed by atoms with Crippen LogP contribution in [-0.4, -0.2) is 56.3 Å². The van der Waals surface area contributed by atoms with Crippen LogP contribution in [0, 0.1) is 0 Å². The molecule has 0 aromatic carbocycles. The number of halogens is 1. The lowest BCUT2D eigenvalue weighted by Crippen LogP contribution is -2.45. The average Bonchev–Trinajstić information content (AvgIpc) is 2.85. The molecule has 2 rings (SSSR count). The first-order valence-corrected chi connectivity index (χ1v) is 7.68. The topological polar surface area (TPSA) is 42.0 Å². The minimum atomic E-state index is -0.301. The van der Waals surface area contributed by atoms with E-state index in [1.807, 2.05) is 11.4 Å². The molecule has 1 aromatic rings. The van der Waals surface area contributed by atoms with E-state index in [4.69, 9.17) is 9.57 Å². The van der Waals surface area contributed by atoms with Crippen molar-refractivity contribution in [1.29, 1.82) is 0 Å². The van der Waals surface area contributed by atoms with Crippen molar-refractivity contribution in [3.8, 4) is 0 Å². The minimum absolute atomic E-state index is 0.0567. The summed E-state index contributed by atoms with van der Waals surface area (Å²) in [4.78, 5) is 20.7. The zero-order valence-electron chi connectivity index (χ0n) is 11.0. The molecule has 0 bridgehead atoms. The third-order valence-electron chi connectivity index (χ3n) is 3.09. The van der Waals surface area contributed by atoms with Gasteiger partial charge in [-0.25, -0.2) is 5.06 Å². The lowest BCUT2D eigenvalue weighted by atomic mass is 10.1. The molecule has 1 unspecified atom stereocenters. The molecule has 1 saturated heterocycles. The molecular formula is C12H17BrN2O3S. The van der Waals surface area contributed by atoms with E-state index in [9.17, 15) is 4.79 Å². The van der Waals surface area contributed by atoms with Crippen molar-refractivity contribution in [3.63, 3.8) is 0 Å². The number of hydrogen-bond donors (Lipinski definition) is 0. The number of hydrogen-bond acceptors (Lipinski definition) is 5. The van der Waals surface area contributed by atoms with Crippen molar-refractivity contribution in [2.75, 3.05) is 40.5 Å². The number of thiophene rings is 1. The summed E-state index contributed by atoms with van der Waals surface area (Å²) < 4.78 is 6.35. The summed E-state index contributed by atoms with van der Waals surface area (Å²) in [6.45, 7) is 2.83. The number of nitrogens with zero attached hydrogens (tertiary/aromatic N) is 2. The van der Waals surface area contributed by atoms with E-state index in [0.717, 1.165) is 22.4 Å². The molecule has 0 saturated carbocycles. The quantitative estimate of drug-likeness (QED) is 0.779. The van der Waals surface area contributed by atoms with Crippen LogP contribution in [0.1, 0.15) is 10.9 Å². The van der Waals surface area contributed by atoms with Gasteiger partial charge in [0.1, 0.15) is 6.04 Å². The van der Waals surface area contributed by atoms with Gasteiger partial charge in [-0.05, 0) is 22.0 Å². The molecule has 2 heterocycles. The van der Waals surface area contributed by atoms with E-state index in [1.165, 1.54) is 12.2 Å². The molecule has 0 N–H and O–H groups in total. The number of carbonyl (C=O) groups excluding carboxylic acids is 1. The molecule has 1 amide bonds. The predicted octanol–water partition coefficient (Wildman–Crippen LogP) is 1.90. The first-order chi connectivity index (χ1) is 9.13. The number of ether oxygens (including phenoxy) is 1. The van der Waals surface area contributed by atoms with Crippen molar-refractivity contribution in [2.24, 2.45) is 0 Å². The normalized spacial score (nSPS) is 18.3. The Morgan fingerprint density at radius 3 is 2.79 bits per heavy atom. The van der Waals surface area contributed by atoms with Gasteiger partial charge in [0, 0.05) is 34.9 Å². The lowest BCUT2D eigenvalue weighted by molar-refractivity contribution is -0.176. The van der Waals surface area contributed by atoms with Crippen molar-refractivity contribution < 1.29 is 14.4 Å². The molecule has 7 heteroatoms. The summed E-state index contributed by atoms with van der Waals surface area (Å²) in [7, 11) is 3.14. The maximum atomic E-state index is 12.5. The predicted molar refractivity (Wildman–Crippen MR) is 76.9 cm³/mol. The fourth-order valence-electron chi connectivity index (χ4n) is 2.03. The zero-order chi connectivity index (χ0) is 13.8. The fraction of sp³-hybridized carbons (Fsp3) is 0.583. The second-order valence-electron chi connectivity index (χ2n) is 4.24. The maximum absolute atomic E-state index is 12.5. The molecule has 1 aliphatic rings. The Bertz CT molecular complexity index is 434. The molecule has 106 valence electrons. The highest BCUT2D eigenvalue weighted by Crippen LogP contribution is 2.31. The highest BCUT2D eigenvalue weighted by atomic mass is 79.9. The van der Waals surface area contributed by atoms with Crippen molar-refractivity contribution in [2.45, 2.75) is 6.04 Å². The summed E-state index contributed by atoms with van der Waals surface area (Å²) in [5, 5.41) is 3.27. The van der Waals surface area contributed by atoms with Crippen LogP contribution in [0.2, 0.25) is 0 Å². The van der Waals surface area contributed by atoms with E-state index in [0.29, 0.717) is 13.2 Å².